The number of ether oxygens (including phenoxy) is 1. The van der Waals surface area contributed by atoms with E-state index in [1.54, 1.807) is 11.6 Å². The Morgan fingerprint density at radius 1 is 1.07 bits per heavy atom. The Kier molecular flexibility index (Phi) is 4.84. The minimum atomic E-state index is 0.0630. The summed E-state index contributed by atoms with van der Waals surface area (Å²) in [6, 6.07) is 19.5. The summed E-state index contributed by atoms with van der Waals surface area (Å²) in [5.74, 6) is 1.14. The van der Waals surface area contributed by atoms with Crippen LogP contribution in [0.5, 0.6) is 5.75 Å². The Morgan fingerprint density at radius 2 is 1.90 bits per heavy atom. The van der Waals surface area contributed by atoms with Gasteiger partial charge in [0.15, 0.2) is 5.65 Å². The average Bonchev–Trinajstić information content (AvgIpc) is 3.41. The molecule has 0 fully saturated rings. The number of carbonyl (C=O) groups is 1. The Labute approximate surface area is 177 Å². The third kappa shape index (κ3) is 3.39. The van der Waals surface area contributed by atoms with Gasteiger partial charge in [-0.3, -0.25) is 4.79 Å². The summed E-state index contributed by atoms with van der Waals surface area (Å²) < 4.78 is 6.91. The van der Waals surface area contributed by atoms with Crippen LogP contribution in [0.25, 0.3) is 16.9 Å². The maximum absolute atomic E-state index is 12.8. The van der Waals surface area contributed by atoms with Crippen LogP contribution in [0.4, 0.5) is 5.69 Å². The van der Waals surface area contributed by atoms with Crippen molar-refractivity contribution in [3.63, 3.8) is 0 Å². The van der Waals surface area contributed by atoms with E-state index in [1.165, 1.54) is 17.3 Å². The zero-order valence-corrected chi connectivity index (χ0v) is 17.2. The first-order valence-electron chi connectivity index (χ1n) is 9.61. The summed E-state index contributed by atoms with van der Waals surface area (Å²) in [6.07, 6.45) is 0.896. The van der Waals surface area contributed by atoms with Crippen LogP contribution >= 0.6 is 11.8 Å². The van der Waals surface area contributed by atoms with E-state index in [-0.39, 0.29) is 11.7 Å². The zero-order chi connectivity index (χ0) is 20.5. The van der Waals surface area contributed by atoms with Crippen molar-refractivity contribution in [1.82, 2.24) is 19.8 Å². The van der Waals surface area contributed by atoms with Gasteiger partial charge in [0.05, 0.1) is 18.6 Å². The molecule has 0 aliphatic carbocycles. The van der Waals surface area contributed by atoms with Crippen LogP contribution in [0.15, 0.2) is 65.8 Å². The molecule has 4 aromatic rings. The number of methoxy groups -OCH3 is 1. The lowest BCUT2D eigenvalue weighted by Gasteiger charge is -2.16. The number of anilines is 1. The summed E-state index contributed by atoms with van der Waals surface area (Å²) in [7, 11) is 1.64. The van der Waals surface area contributed by atoms with Crippen LogP contribution in [0.1, 0.15) is 5.56 Å². The van der Waals surface area contributed by atoms with Gasteiger partial charge in [0.25, 0.3) is 0 Å². The van der Waals surface area contributed by atoms with Crippen molar-refractivity contribution in [3.05, 3.63) is 66.2 Å². The molecule has 30 heavy (non-hydrogen) atoms. The van der Waals surface area contributed by atoms with Crippen LogP contribution in [-0.2, 0) is 11.2 Å². The lowest BCUT2D eigenvalue weighted by atomic mass is 10.1. The molecule has 0 N–H and O–H groups in total. The SMILES string of the molecule is COc1ccc(-c2ccc3nnc(SCC(=O)N4CCc5ccccc54)n3n2)cc1. The maximum atomic E-state index is 12.8. The summed E-state index contributed by atoms with van der Waals surface area (Å²) >= 11 is 1.35. The van der Waals surface area contributed by atoms with Gasteiger partial charge in [-0.1, -0.05) is 30.0 Å². The second-order valence-corrected chi connectivity index (χ2v) is 7.85. The first-order valence-corrected chi connectivity index (χ1v) is 10.6. The summed E-state index contributed by atoms with van der Waals surface area (Å²) in [6.45, 7) is 0.721. The Hall–Kier alpha value is -3.39. The second-order valence-electron chi connectivity index (χ2n) is 6.91. The lowest BCUT2D eigenvalue weighted by Crippen LogP contribution is -2.30. The van der Waals surface area contributed by atoms with E-state index in [2.05, 4.69) is 21.4 Å². The molecule has 5 rings (SSSR count). The molecule has 1 aliphatic heterocycles. The second kappa shape index (κ2) is 7.79. The third-order valence-electron chi connectivity index (χ3n) is 5.13. The molecule has 0 atom stereocenters. The van der Waals surface area contributed by atoms with E-state index in [9.17, 15) is 4.79 Å². The van der Waals surface area contributed by atoms with E-state index in [0.717, 1.165) is 35.7 Å². The van der Waals surface area contributed by atoms with Gasteiger partial charge in [-0.2, -0.15) is 9.61 Å². The molecular formula is C22H19N5O2S. The number of benzene rings is 2. The molecule has 8 heteroatoms. The van der Waals surface area contributed by atoms with Gasteiger partial charge in [0, 0.05) is 17.8 Å². The van der Waals surface area contributed by atoms with E-state index in [4.69, 9.17) is 4.74 Å². The first kappa shape index (κ1) is 18.6. The molecule has 0 saturated heterocycles. The van der Waals surface area contributed by atoms with Gasteiger partial charge < -0.3 is 9.64 Å². The van der Waals surface area contributed by atoms with Crippen molar-refractivity contribution in [1.29, 1.82) is 0 Å². The smallest absolute Gasteiger partial charge is 0.237 e. The highest BCUT2D eigenvalue weighted by atomic mass is 32.2. The fourth-order valence-electron chi connectivity index (χ4n) is 3.58. The standard InChI is InChI=1S/C22H19N5O2S/c1-29-17-8-6-15(7-9-17)18-10-11-20-23-24-22(27(20)25-18)30-14-21(28)26-13-12-16-4-2-3-5-19(16)26/h2-11H,12-14H2,1H3. The minimum absolute atomic E-state index is 0.0630. The molecule has 0 radical (unpaired) electrons. The van der Waals surface area contributed by atoms with Crippen LogP contribution in [0, 0.1) is 0 Å². The van der Waals surface area contributed by atoms with Gasteiger partial charge in [-0.05, 0) is 54.4 Å². The van der Waals surface area contributed by atoms with E-state index in [0.29, 0.717) is 10.8 Å². The highest BCUT2D eigenvalue weighted by Gasteiger charge is 2.24. The number of fused-ring (bicyclic) bond motifs is 2. The largest absolute Gasteiger partial charge is 0.497 e. The van der Waals surface area contributed by atoms with Crippen molar-refractivity contribution in [2.75, 3.05) is 24.3 Å². The topological polar surface area (TPSA) is 72.6 Å². The highest BCUT2D eigenvalue weighted by Crippen LogP contribution is 2.29. The highest BCUT2D eigenvalue weighted by molar-refractivity contribution is 7.99. The monoisotopic (exact) mass is 417 g/mol. The Morgan fingerprint density at radius 3 is 2.73 bits per heavy atom. The van der Waals surface area contributed by atoms with Gasteiger partial charge in [0.2, 0.25) is 11.1 Å². The zero-order valence-electron chi connectivity index (χ0n) is 16.4. The van der Waals surface area contributed by atoms with Crippen LogP contribution in [-0.4, -0.2) is 45.1 Å². The number of thioether (sulfide) groups is 1. The number of carbonyl (C=O) groups excluding carboxylic acids is 1. The molecule has 7 nitrogen and oxygen atoms in total. The van der Waals surface area contributed by atoms with Crippen molar-refractivity contribution in [2.45, 2.75) is 11.6 Å². The molecule has 1 aliphatic rings. The molecule has 0 saturated carbocycles. The quantitative estimate of drug-likeness (QED) is 0.463. The number of hydrogen-bond acceptors (Lipinski definition) is 6. The van der Waals surface area contributed by atoms with Crippen molar-refractivity contribution >= 4 is 29.0 Å². The molecule has 0 unspecified atom stereocenters. The summed E-state index contributed by atoms with van der Waals surface area (Å²) in [5, 5.41) is 13.7. The minimum Gasteiger partial charge on any atom is -0.497 e. The van der Waals surface area contributed by atoms with E-state index < -0.39 is 0 Å². The summed E-state index contributed by atoms with van der Waals surface area (Å²) in [4.78, 5) is 14.7. The number of amides is 1. The molecule has 3 heterocycles. The van der Waals surface area contributed by atoms with Crippen molar-refractivity contribution < 1.29 is 9.53 Å². The maximum Gasteiger partial charge on any atom is 0.237 e. The molecule has 2 aromatic heterocycles. The predicted octanol–water partition coefficient (Wildman–Crippen LogP) is 3.48. The number of aromatic nitrogens is 4. The molecule has 0 spiro atoms. The van der Waals surface area contributed by atoms with Gasteiger partial charge in [-0.15, -0.1) is 10.2 Å². The van der Waals surface area contributed by atoms with Crippen LogP contribution in [0.3, 0.4) is 0 Å². The van der Waals surface area contributed by atoms with Gasteiger partial charge >= 0.3 is 0 Å². The van der Waals surface area contributed by atoms with E-state index in [1.807, 2.05) is 59.5 Å². The number of rotatable bonds is 5. The Bertz CT molecular complexity index is 1220. The van der Waals surface area contributed by atoms with E-state index >= 15 is 0 Å². The third-order valence-corrected chi connectivity index (χ3v) is 6.04. The number of nitrogens with zero attached hydrogens (tertiary/aromatic N) is 5. The molecule has 1 amide bonds. The first-order chi connectivity index (χ1) is 14.7. The van der Waals surface area contributed by atoms with Crippen molar-refractivity contribution in [3.8, 4) is 17.0 Å². The predicted molar refractivity (Wildman–Crippen MR) is 116 cm³/mol. The van der Waals surface area contributed by atoms with Crippen LogP contribution in [0.2, 0.25) is 0 Å². The normalized spacial score (nSPS) is 12.9. The van der Waals surface area contributed by atoms with Gasteiger partial charge in [-0.25, -0.2) is 0 Å². The average molecular weight is 417 g/mol. The summed E-state index contributed by atoms with van der Waals surface area (Å²) in [5.41, 5.74) is 4.64. The molecule has 0 bridgehead atoms. The number of hydrogen-bond donors (Lipinski definition) is 0. The molecular weight excluding hydrogens is 398 g/mol. The van der Waals surface area contributed by atoms with Crippen molar-refractivity contribution in [2.24, 2.45) is 0 Å². The molecule has 150 valence electrons. The Balaban J connectivity index is 1.35. The number of para-hydroxylation sites is 1. The molecule has 2 aromatic carbocycles. The lowest BCUT2D eigenvalue weighted by molar-refractivity contribution is -0.116. The fourth-order valence-corrected chi connectivity index (χ4v) is 4.34. The fraction of sp³-hybridized carbons (Fsp3) is 0.182. The van der Waals surface area contributed by atoms with Gasteiger partial charge in [0.1, 0.15) is 5.75 Å². The van der Waals surface area contributed by atoms with Crippen LogP contribution < -0.4 is 9.64 Å².